The maximum Gasteiger partial charge on any atom is 0.142 e. The molecule has 3 heteroatoms. The molecule has 0 bridgehead atoms. The van der Waals surface area contributed by atoms with Crippen molar-refractivity contribution >= 4 is 5.82 Å². The van der Waals surface area contributed by atoms with Gasteiger partial charge in [0.2, 0.25) is 0 Å². The summed E-state index contributed by atoms with van der Waals surface area (Å²) in [5.41, 5.74) is 0.664. The van der Waals surface area contributed by atoms with Crippen molar-refractivity contribution in [2.75, 3.05) is 11.9 Å². The minimum absolute atomic E-state index is 0.213. The Morgan fingerprint density at radius 1 is 1.44 bits per heavy atom. The first-order chi connectivity index (χ1) is 7.45. The minimum atomic E-state index is 0.213. The highest BCUT2D eigenvalue weighted by atomic mass is 15.0. The van der Waals surface area contributed by atoms with E-state index in [1.165, 1.54) is 0 Å². The molecule has 3 nitrogen and oxygen atoms in total. The second kappa shape index (κ2) is 4.98. The van der Waals surface area contributed by atoms with E-state index in [1.807, 2.05) is 18.2 Å². The number of nitriles is 1. The number of nitrogens with zero attached hydrogens (tertiary/aromatic N) is 2. The third-order valence-corrected chi connectivity index (χ3v) is 3.15. The summed E-state index contributed by atoms with van der Waals surface area (Å²) < 4.78 is 0. The Hall–Kier alpha value is -1.56. The van der Waals surface area contributed by atoms with Crippen LogP contribution in [0.1, 0.15) is 33.4 Å². The number of hydrogen-bond donors (Lipinski definition) is 1. The second-order valence-electron chi connectivity index (χ2n) is 5.02. The van der Waals surface area contributed by atoms with Crippen molar-refractivity contribution in [3.63, 3.8) is 0 Å². The highest BCUT2D eigenvalue weighted by Gasteiger charge is 2.21. The summed E-state index contributed by atoms with van der Waals surface area (Å²) in [6.45, 7) is 9.71. The monoisotopic (exact) mass is 217 g/mol. The fraction of sp³-hybridized carbons (Fsp3) is 0.538. The summed E-state index contributed by atoms with van der Waals surface area (Å²) in [7, 11) is 0. The molecule has 0 spiro atoms. The fourth-order valence-corrected chi connectivity index (χ4v) is 1.12. The van der Waals surface area contributed by atoms with Crippen molar-refractivity contribution in [3.05, 3.63) is 23.9 Å². The third-order valence-electron chi connectivity index (χ3n) is 3.15. The lowest BCUT2D eigenvalue weighted by Crippen LogP contribution is -2.28. The Morgan fingerprint density at radius 3 is 2.69 bits per heavy atom. The van der Waals surface area contributed by atoms with E-state index in [0.717, 1.165) is 12.4 Å². The lowest BCUT2D eigenvalue weighted by molar-refractivity contribution is 0.269. The quantitative estimate of drug-likeness (QED) is 0.843. The molecule has 1 aromatic rings. The maximum absolute atomic E-state index is 8.74. The van der Waals surface area contributed by atoms with Crippen LogP contribution in [-0.2, 0) is 0 Å². The molecule has 0 saturated carbocycles. The molecule has 0 fully saturated rings. The summed E-state index contributed by atoms with van der Waals surface area (Å²) in [6, 6.07) is 7.47. The van der Waals surface area contributed by atoms with Gasteiger partial charge in [-0.15, -0.1) is 0 Å². The average molecular weight is 217 g/mol. The molecule has 0 aliphatic carbocycles. The highest BCUT2D eigenvalue weighted by Crippen LogP contribution is 2.25. The van der Waals surface area contributed by atoms with E-state index < -0.39 is 0 Å². The summed E-state index contributed by atoms with van der Waals surface area (Å²) >= 11 is 0. The molecule has 0 aliphatic rings. The number of aromatic nitrogens is 1. The van der Waals surface area contributed by atoms with Gasteiger partial charge in [-0.05, 0) is 23.5 Å². The van der Waals surface area contributed by atoms with Crippen LogP contribution in [0.3, 0.4) is 0 Å². The van der Waals surface area contributed by atoms with Crippen molar-refractivity contribution in [2.45, 2.75) is 27.7 Å². The molecule has 1 N–H and O–H groups in total. The van der Waals surface area contributed by atoms with Crippen molar-refractivity contribution in [1.82, 2.24) is 4.98 Å². The Kier molecular flexibility index (Phi) is 3.89. The zero-order valence-corrected chi connectivity index (χ0v) is 10.4. The molecule has 1 aromatic heterocycles. The summed E-state index contributed by atoms with van der Waals surface area (Å²) in [6.07, 6.45) is 0. The smallest absolute Gasteiger partial charge is 0.142 e. The van der Waals surface area contributed by atoms with E-state index in [0.29, 0.717) is 11.6 Å². The molecule has 0 aliphatic heterocycles. The largest absolute Gasteiger partial charge is 0.369 e. The van der Waals surface area contributed by atoms with E-state index in [2.05, 4.69) is 38.0 Å². The third kappa shape index (κ3) is 3.23. The van der Waals surface area contributed by atoms with Gasteiger partial charge in [0.25, 0.3) is 0 Å². The number of nitrogens with one attached hydrogen (secondary N) is 1. The van der Waals surface area contributed by atoms with Gasteiger partial charge in [0.1, 0.15) is 17.6 Å². The second-order valence-corrected chi connectivity index (χ2v) is 5.02. The van der Waals surface area contributed by atoms with Gasteiger partial charge in [-0.1, -0.05) is 33.8 Å². The van der Waals surface area contributed by atoms with Crippen LogP contribution in [0.2, 0.25) is 0 Å². The average Bonchev–Trinajstić information content (AvgIpc) is 2.26. The number of rotatable bonds is 4. The molecule has 0 radical (unpaired) electrons. The van der Waals surface area contributed by atoms with E-state index in [1.54, 1.807) is 6.07 Å². The van der Waals surface area contributed by atoms with E-state index >= 15 is 0 Å². The van der Waals surface area contributed by atoms with Crippen LogP contribution < -0.4 is 5.32 Å². The number of hydrogen-bond acceptors (Lipinski definition) is 3. The molecule has 1 heterocycles. The molecule has 0 aromatic carbocycles. The molecule has 0 amide bonds. The van der Waals surface area contributed by atoms with Gasteiger partial charge in [-0.25, -0.2) is 4.98 Å². The number of anilines is 1. The van der Waals surface area contributed by atoms with Crippen molar-refractivity contribution < 1.29 is 0 Å². The molecule has 0 atom stereocenters. The first kappa shape index (κ1) is 12.5. The SMILES string of the molecule is CC(C)C(C)(C)CNc1cccc(C#N)n1. The van der Waals surface area contributed by atoms with Crippen LogP contribution in [-0.4, -0.2) is 11.5 Å². The van der Waals surface area contributed by atoms with Gasteiger partial charge in [-0.2, -0.15) is 5.26 Å². The lowest BCUT2D eigenvalue weighted by atomic mass is 9.81. The van der Waals surface area contributed by atoms with Gasteiger partial charge in [0.15, 0.2) is 0 Å². The van der Waals surface area contributed by atoms with Crippen LogP contribution in [0.4, 0.5) is 5.82 Å². The van der Waals surface area contributed by atoms with Crippen LogP contribution >= 0.6 is 0 Å². The predicted molar refractivity (Wildman–Crippen MR) is 66.1 cm³/mol. The molecular formula is C13H19N3. The van der Waals surface area contributed by atoms with Crippen molar-refractivity contribution in [3.8, 4) is 6.07 Å². The van der Waals surface area contributed by atoms with Gasteiger partial charge in [-0.3, -0.25) is 0 Å². The molecular weight excluding hydrogens is 198 g/mol. The lowest BCUT2D eigenvalue weighted by Gasteiger charge is -2.29. The Bertz CT molecular complexity index is 388. The van der Waals surface area contributed by atoms with E-state index in [4.69, 9.17) is 5.26 Å². The Morgan fingerprint density at radius 2 is 2.12 bits per heavy atom. The zero-order chi connectivity index (χ0) is 12.2. The van der Waals surface area contributed by atoms with E-state index in [-0.39, 0.29) is 5.41 Å². The Labute approximate surface area is 97.5 Å². The maximum atomic E-state index is 8.74. The molecule has 86 valence electrons. The van der Waals surface area contributed by atoms with Gasteiger partial charge >= 0.3 is 0 Å². The molecule has 16 heavy (non-hydrogen) atoms. The standard InChI is InChI=1S/C13H19N3/c1-10(2)13(3,4)9-15-12-7-5-6-11(8-14)16-12/h5-7,10H,9H2,1-4H3,(H,15,16). The number of pyridine rings is 1. The van der Waals surface area contributed by atoms with Gasteiger partial charge in [0, 0.05) is 6.54 Å². The Balaban J connectivity index is 2.65. The fourth-order valence-electron chi connectivity index (χ4n) is 1.12. The van der Waals surface area contributed by atoms with Gasteiger partial charge < -0.3 is 5.32 Å². The summed E-state index contributed by atoms with van der Waals surface area (Å²) in [5, 5.41) is 12.0. The minimum Gasteiger partial charge on any atom is -0.369 e. The molecule has 1 rings (SSSR count). The van der Waals surface area contributed by atoms with Gasteiger partial charge in [0.05, 0.1) is 0 Å². The van der Waals surface area contributed by atoms with Crippen LogP contribution in [0.15, 0.2) is 18.2 Å². The summed E-state index contributed by atoms with van der Waals surface area (Å²) in [5.74, 6) is 1.37. The summed E-state index contributed by atoms with van der Waals surface area (Å²) in [4.78, 5) is 4.18. The highest BCUT2D eigenvalue weighted by molar-refractivity contribution is 5.38. The van der Waals surface area contributed by atoms with Crippen LogP contribution in [0.25, 0.3) is 0 Å². The predicted octanol–water partition coefficient (Wildman–Crippen LogP) is 3.05. The van der Waals surface area contributed by atoms with Crippen LogP contribution in [0.5, 0.6) is 0 Å². The van der Waals surface area contributed by atoms with Crippen LogP contribution in [0, 0.1) is 22.7 Å². The first-order valence-electron chi connectivity index (χ1n) is 5.57. The zero-order valence-electron chi connectivity index (χ0n) is 10.4. The first-order valence-corrected chi connectivity index (χ1v) is 5.57. The topological polar surface area (TPSA) is 48.7 Å². The normalized spacial score (nSPS) is 11.2. The molecule has 0 unspecified atom stereocenters. The van der Waals surface area contributed by atoms with E-state index in [9.17, 15) is 0 Å². The molecule has 0 saturated heterocycles. The van der Waals surface area contributed by atoms with Crippen molar-refractivity contribution in [1.29, 1.82) is 5.26 Å². The van der Waals surface area contributed by atoms with Crippen molar-refractivity contribution in [2.24, 2.45) is 11.3 Å².